The molecule has 0 aliphatic heterocycles. The summed E-state index contributed by atoms with van der Waals surface area (Å²) >= 11 is 0. The normalized spacial score (nSPS) is 15.3. The van der Waals surface area contributed by atoms with Crippen molar-refractivity contribution in [1.82, 2.24) is 19.9 Å². The molecule has 1 atom stereocenters. The number of carbonyl (C=O) groups excluding carboxylic acids is 3. The molecule has 3 aliphatic rings. The number of esters is 3. The number of aromatic nitrogens is 4. The first-order chi connectivity index (χ1) is 23.7. The van der Waals surface area contributed by atoms with Crippen molar-refractivity contribution < 1.29 is 33.0 Å². The van der Waals surface area contributed by atoms with Crippen molar-refractivity contribution in [3.05, 3.63) is 47.8 Å². The summed E-state index contributed by atoms with van der Waals surface area (Å²) in [5.74, 6) is 3.10. The Bertz CT molecular complexity index is 1250. The van der Waals surface area contributed by atoms with Crippen LogP contribution in [0.5, 0.6) is 0 Å². The highest BCUT2D eigenvalue weighted by Crippen LogP contribution is 2.39. The Morgan fingerprint density at radius 3 is 1.45 bits per heavy atom. The first-order valence-electron chi connectivity index (χ1n) is 18.6. The Balaban J connectivity index is 0. The molecule has 11 heteroatoms. The third kappa shape index (κ3) is 24.4. The topological polar surface area (TPSA) is 130 Å². The van der Waals surface area contributed by atoms with Crippen LogP contribution >= 0.6 is 0 Å². The van der Waals surface area contributed by atoms with Gasteiger partial charge in [-0.25, -0.2) is 24.3 Å². The van der Waals surface area contributed by atoms with Crippen molar-refractivity contribution in [2.45, 2.75) is 167 Å². The fourth-order valence-electron chi connectivity index (χ4n) is 3.59. The number of ether oxygens (including phenoxy) is 3. The molecule has 2 aromatic heterocycles. The SMILES string of the molecule is C.C.CC(C)C(=O)OC(C)C1CC1.CC(C)C(=O)OC1(C)CC1.CC(C)C(=O)OCC1CC1.CC(C)c1ncc(F)cn1.Cc1cnc(C(C)C)nc1. The number of carbonyl (C=O) groups is 3. The number of nitrogens with zero attached hydrogens (tertiary/aromatic N) is 4. The average Bonchev–Trinajstić information content (AvgIpc) is 3.92. The summed E-state index contributed by atoms with van der Waals surface area (Å²) in [5, 5.41) is 0. The van der Waals surface area contributed by atoms with E-state index in [0.29, 0.717) is 30.2 Å². The quantitative estimate of drug-likeness (QED) is 0.171. The fourth-order valence-corrected chi connectivity index (χ4v) is 3.59. The van der Waals surface area contributed by atoms with Gasteiger partial charge in [0.2, 0.25) is 0 Å². The lowest BCUT2D eigenvalue weighted by Crippen LogP contribution is -2.20. The van der Waals surface area contributed by atoms with Crippen LogP contribution in [0.3, 0.4) is 0 Å². The van der Waals surface area contributed by atoms with Gasteiger partial charge in [0.15, 0.2) is 5.82 Å². The van der Waals surface area contributed by atoms with E-state index in [9.17, 15) is 18.8 Å². The maximum absolute atomic E-state index is 12.2. The number of aryl methyl sites for hydroxylation is 1. The summed E-state index contributed by atoms with van der Waals surface area (Å²) in [7, 11) is 0. The number of hydrogen-bond acceptors (Lipinski definition) is 10. The number of rotatable bonds is 10. The molecule has 0 bridgehead atoms. The highest BCUT2D eigenvalue weighted by Gasteiger charge is 2.41. The molecular weight excluding hydrogens is 675 g/mol. The zero-order valence-corrected chi connectivity index (χ0v) is 33.5. The Morgan fingerprint density at radius 2 is 1.11 bits per heavy atom. The Morgan fingerprint density at radius 1 is 0.698 bits per heavy atom. The van der Waals surface area contributed by atoms with Crippen LogP contribution in [0.25, 0.3) is 0 Å². The van der Waals surface area contributed by atoms with Crippen LogP contribution in [0.1, 0.15) is 166 Å². The van der Waals surface area contributed by atoms with Crippen LogP contribution < -0.4 is 0 Å². The molecule has 3 aliphatic carbocycles. The summed E-state index contributed by atoms with van der Waals surface area (Å²) in [6.07, 6.45) is 13.2. The van der Waals surface area contributed by atoms with Crippen molar-refractivity contribution in [2.75, 3.05) is 6.61 Å². The van der Waals surface area contributed by atoms with Gasteiger partial charge >= 0.3 is 17.9 Å². The second kappa shape index (κ2) is 25.5. The Kier molecular flexibility index (Phi) is 24.8. The van der Waals surface area contributed by atoms with E-state index in [1.807, 2.05) is 88.6 Å². The van der Waals surface area contributed by atoms with Gasteiger partial charge < -0.3 is 14.2 Å². The fraction of sp³-hybridized carbons (Fsp3) is 0.738. The summed E-state index contributed by atoms with van der Waals surface area (Å²) in [6, 6.07) is 0. The van der Waals surface area contributed by atoms with Gasteiger partial charge in [-0.15, -0.1) is 0 Å². The first kappa shape index (κ1) is 51.6. The minimum absolute atomic E-state index is 0. The Hall–Kier alpha value is -3.50. The average molecular weight is 749 g/mol. The highest BCUT2D eigenvalue weighted by atomic mass is 19.1. The van der Waals surface area contributed by atoms with E-state index in [1.165, 1.54) is 38.1 Å². The molecule has 53 heavy (non-hydrogen) atoms. The third-order valence-electron chi connectivity index (χ3n) is 7.94. The first-order valence-corrected chi connectivity index (χ1v) is 18.6. The zero-order valence-electron chi connectivity index (χ0n) is 33.5. The molecule has 0 aromatic carbocycles. The van der Waals surface area contributed by atoms with Gasteiger partial charge in [0.1, 0.15) is 23.4 Å². The monoisotopic (exact) mass is 749 g/mol. The van der Waals surface area contributed by atoms with E-state index in [0.717, 1.165) is 24.2 Å². The minimum Gasteiger partial charge on any atom is -0.465 e. The molecule has 0 saturated heterocycles. The number of halogens is 1. The van der Waals surface area contributed by atoms with E-state index >= 15 is 0 Å². The Labute approximate surface area is 321 Å². The van der Waals surface area contributed by atoms with Crippen molar-refractivity contribution in [3.63, 3.8) is 0 Å². The summed E-state index contributed by atoms with van der Waals surface area (Å²) in [5.41, 5.74) is 1.02. The van der Waals surface area contributed by atoms with Crippen molar-refractivity contribution >= 4 is 17.9 Å². The molecule has 5 rings (SSSR count). The van der Waals surface area contributed by atoms with E-state index in [4.69, 9.17) is 14.2 Å². The lowest BCUT2D eigenvalue weighted by Gasteiger charge is -2.13. The lowest BCUT2D eigenvalue weighted by atomic mass is 10.2. The van der Waals surface area contributed by atoms with E-state index in [1.54, 1.807) is 0 Å². The molecule has 1 unspecified atom stereocenters. The molecular formula is C42H73FN4O6. The smallest absolute Gasteiger partial charge is 0.308 e. The molecule has 3 fully saturated rings. The van der Waals surface area contributed by atoms with Gasteiger partial charge in [-0.1, -0.05) is 84.1 Å². The molecule has 2 heterocycles. The molecule has 10 nitrogen and oxygen atoms in total. The molecule has 2 aromatic rings. The van der Waals surface area contributed by atoms with E-state index in [-0.39, 0.29) is 74.0 Å². The molecule has 0 spiro atoms. The molecule has 0 amide bonds. The molecule has 0 radical (unpaired) electrons. The second-order valence-electron chi connectivity index (χ2n) is 15.6. The van der Waals surface area contributed by atoms with Gasteiger partial charge in [0.05, 0.1) is 36.8 Å². The summed E-state index contributed by atoms with van der Waals surface area (Å²) in [6.45, 7) is 25.9. The molecule has 0 N–H and O–H groups in total. The highest BCUT2D eigenvalue weighted by molar-refractivity contribution is 5.72. The lowest BCUT2D eigenvalue weighted by molar-refractivity contribution is -0.154. The maximum Gasteiger partial charge on any atom is 0.308 e. The van der Waals surface area contributed by atoms with Crippen molar-refractivity contribution in [1.29, 1.82) is 0 Å². The zero-order chi connectivity index (χ0) is 38.9. The van der Waals surface area contributed by atoms with Gasteiger partial charge in [0.25, 0.3) is 0 Å². The summed E-state index contributed by atoms with van der Waals surface area (Å²) < 4.78 is 27.6. The van der Waals surface area contributed by atoms with Crippen LogP contribution in [-0.2, 0) is 28.6 Å². The van der Waals surface area contributed by atoms with Crippen LogP contribution in [0, 0.1) is 42.3 Å². The summed E-state index contributed by atoms with van der Waals surface area (Å²) in [4.78, 5) is 48.8. The van der Waals surface area contributed by atoms with Gasteiger partial charge in [-0.3, -0.25) is 14.4 Å². The third-order valence-corrected chi connectivity index (χ3v) is 7.94. The molecule has 304 valence electrons. The number of hydrogen-bond donors (Lipinski definition) is 0. The predicted molar refractivity (Wildman–Crippen MR) is 211 cm³/mol. The minimum atomic E-state index is -0.385. The second-order valence-corrected chi connectivity index (χ2v) is 15.6. The van der Waals surface area contributed by atoms with Crippen molar-refractivity contribution in [3.8, 4) is 0 Å². The van der Waals surface area contributed by atoms with E-state index in [2.05, 4.69) is 33.8 Å². The van der Waals surface area contributed by atoms with Crippen LogP contribution in [0.15, 0.2) is 24.8 Å². The van der Waals surface area contributed by atoms with Gasteiger partial charge in [0, 0.05) is 24.2 Å². The predicted octanol–water partition coefficient (Wildman–Crippen LogP) is 10.2. The van der Waals surface area contributed by atoms with Crippen molar-refractivity contribution in [2.24, 2.45) is 29.6 Å². The van der Waals surface area contributed by atoms with Gasteiger partial charge in [-0.2, -0.15) is 0 Å². The largest absolute Gasteiger partial charge is 0.465 e. The van der Waals surface area contributed by atoms with Gasteiger partial charge in [-0.05, 0) is 76.7 Å². The van der Waals surface area contributed by atoms with Crippen LogP contribution in [0.4, 0.5) is 4.39 Å². The maximum atomic E-state index is 12.2. The van der Waals surface area contributed by atoms with Crippen LogP contribution in [0.2, 0.25) is 0 Å². The standard InChI is InChI=1S/C9H16O2.C8H12N2.2C8H14O2.C7H9FN2.2CH4/c1-6(2)9(10)11-7(3)8-4-5-8;1-6(2)8-9-4-7(3)5-10-8;1-6(2)7(9)10-8(3)4-5-8;1-6(2)8(9)10-5-7-3-4-7;1-5(2)7-9-3-6(8)4-10-7;;/h6-8H,4-5H2,1-3H3;4-6H,1-3H3;6H,4-5H2,1-3H3;6-7H,3-5H2,1-2H3;3-5H,1-2H3;2*1H4. The van der Waals surface area contributed by atoms with Crippen LogP contribution in [-0.4, -0.2) is 56.2 Å². The molecule has 3 saturated carbocycles. The van der Waals surface area contributed by atoms with E-state index < -0.39 is 0 Å².